The van der Waals surface area contributed by atoms with Crippen molar-refractivity contribution < 1.29 is 14.3 Å². The Morgan fingerprint density at radius 3 is 2.44 bits per heavy atom. The second-order valence-corrected chi connectivity index (χ2v) is 6.16. The van der Waals surface area contributed by atoms with Crippen LogP contribution in [0.1, 0.15) is 11.1 Å². The monoisotopic (exact) mass is 361 g/mol. The molecular formula is C23H23NO3. The van der Waals surface area contributed by atoms with Crippen molar-refractivity contribution in [1.29, 1.82) is 0 Å². The number of methoxy groups -OCH3 is 1. The van der Waals surface area contributed by atoms with Crippen molar-refractivity contribution in [3.8, 4) is 11.5 Å². The van der Waals surface area contributed by atoms with Crippen LogP contribution in [0.15, 0.2) is 78.9 Å². The molecule has 3 aromatic carbocycles. The van der Waals surface area contributed by atoms with Crippen LogP contribution in [0.25, 0.3) is 0 Å². The Kier molecular flexibility index (Phi) is 6.47. The second kappa shape index (κ2) is 9.43. The Morgan fingerprint density at radius 2 is 1.63 bits per heavy atom. The van der Waals surface area contributed by atoms with E-state index in [2.05, 4.69) is 17.4 Å². The normalized spacial score (nSPS) is 10.3. The quantitative estimate of drug-likeness (QED) is 0.643. The molecule has 3 rings (SSSR count). The SMILES string of the molecule is COc1cccc(CC(=O)Nc2ccccc2OCCc2ccccc2)c1. The van der Waals surface area contributed by atoms with E-state index in [1.165, 1.54) is 5.56 Å². The Labute approximate surface area is 159 Å². The molecule has 0 saturated heterocycles. The zero-order valence-electron chi connectivity index (χ0n) is 15.4. The van der Waals surface area contributed by atoms with E-state index in [9.17, 15) is 4.79 Å². The number of amides is 1. The number of anilines is 1. The molecule has 4 nitrogen and oxygen atoms in total. The van der Waals surface area contributed by atoms with Gasteiger partial charge in [0.25, 0.3) is 0 Å². The molecule has 1 amide bonds. The standard InChI is InChI=1S/C23H23NO3/c1-26-20-11-7-10-19(16-20)17-23(25)24-21-12-5-6-13-22(21)27-15-14-18-8-3-2-4-9-18/h2-13,16H,14-15,17H2,1H3,(H,24,25). The highest BCUT2D eigenvalue weighted by atomic mass is 16.5. The number of nitrogens with one attached hydrogen (secondary N) is 1. The lowest BCUT2D eigenvalue weighted by molar-refractivity contribution is -0.115. The van der Waals surface area contributed by atoms with Crippen molar-refractivity contribution in [2.75, 3.05) is 19.0 Å². The molecule has 0 aromatic heterocycles. The molecule has 138 valence electrons. The average Bonchev–Trinajstić information content (AvgIpc) is 2.70. The highest BCUT2D eigenvalue weighted by molar-refractivity contribution is 5.93. The van der Waals surface area contributed by atoms with E-state index in [-0.39, 0.29) is 12.3 Å². The molecule has 0 radical (unpaired) electrons. The van der Waals surface area contributed by atoms with Crippen LogP contribution in [0.5, 0.6) is 11.5 Å². The fraction of sp³-hybridized carbons (Fsp3) is 0.174. The average molecular weight is 361 g/mol. The summed E-state index contributed by atoms with van der Waals surface area (Å²) in [6, 6.07) is 25.2. The third-order valence-corrected chi connectivity index (χ3v) is 4.15. The van der Waals surface area contributed by atoms with Gasteiger partial charge in [0.2, 0.25) is 5.91 Å². The third-order valence-electron chi connectivity index (χ3n) is 4.15. The summed E-state index contributed by atoms with van der Waals surface area (Å²) in [5, 5.41) is 2.94. The minimum atomic E-state index is -0.0950. The summed E-state index contributed by atoms with van der Waals surface area (Å²) >= 11 is 0. The van der Waals surface area contributed by atoms with Crippen LogP contribution >= 0.6 is 0 Å². The lowest BCUT2D eigenvalue weighted by Crippen LogP contribution is -2.15. The molecule has 0 atom stereocenters. The summed E-state index contributed by atoms with van der Waals surface area (Å²) in [5.74, 6) is 1.32. The van der Waals surface area contributed by atoms with Crippen LogP contribution in [0.3, 0.4) is 0 Å². The summed E-state index contributed by atoms with van der Waals surface area (Å²) in [6.07, 6.45) is 1.09. The van der Waals surface area contributed by atoms with Crippen molar-refractivity contribution in [2.45, 2.75) is 12.8 Å². The number of rotatable bonds is 8. The van der Waals surface area contributed by atoms with Crippen molar-refractivity contribution in [3.63, 3.8) is 0 Å². The number of hydrogen-bond donors (Lipinski definition) is 1. The Bertz CT molecular complexity index is 878. The summed E-state index contributed by atoms with van der Waals surface area (Å²) in [5.41, 5.74) is 2.80. The van der Waals surface area contributed by atoms with Gasteiger partial charge in [0.05, 0.1) is 25.8 Å². The van der Waals surface area contributed by atoms with E-state index >= 15 is 0 Å². The lowest BCUT2D eigenvalue weighted by atomic mass is 10.1. The van der Waals surface area contributed by atoms with E-state index < -0.39 is 0 Å². The summed E-state index contributed by atoms with van der Waals surface area (Å²) < 4.78 is 11.1. The molecule has 0 aliphatic rings. The second-order valence-electron chi connectivity index (χ2n) is 6.16. The predicted molar refractivity (Wildman–Crippen MR) is 107 cm³/mol. The first kappa shape index (κ1) is 18.5. The number of hydrogen-bond acceptors (Lipinski definition) is 3. The molecule has 3 aromatic rings. The molecule has 0 bridgehead atoms. The summed E-state index contributed by atoms with van der Waals surface area (Å²) in [7, 11) is 1.61. The number of carbonyl (C=O) groups is 1. The lowest BCUT2D eigenvalue weighted by Gasteiger charge is -2.13. The molecule has 0 unspecified atom stereocenters. The van der Waals surface area contributed by atoms with Crippen LogP contribution in [0.4, 0.5) is 5.69 Å². The third kappa shape index (κ3) is 5.61. The number of benzene rings is 3. The molecule has 4 heteroatoms. The zero-order valence-corrected chi connectivity index (χ0v) is 15.4. The number of ether oxygens (including phenoxy) is 2. The minimum Gasteiger partial charge on any atom is -0.497 e. The molecule has 0 saturated carbocycles. The number of carbonyl (C=O) groups excluding carboxylic acids is 1. The van der Waals surface area contributed by atoms with E-state index in [1.54, 1.807) is 7.11 Å². The van der Waals surface area contributed by atoms with Gasteiger partial charge in [-0.1, -0.05) is 54.6 Å². The van der Waals surface area contributed by atoms with Gasteiger partial charge in [0.1, 0.15) is 11.5 Å². The van der Waals surface area contributed by atoms with Crippen LogP contribution in [-0.4, -0.2) is 19.6 Å². The van der Waals surface area contributed by atoms with E-state index in [1.807, 2.05) is 66.7 Å². The molecule has 0 aliphatic heterocycles. The first-order valence-corrected chi connectivity index (χ1v) is 8.93. The fourth-order valence-corrected chi connectivity index (χ4v) is 2.78. The molecule has 0 fully saturated rings. The van der Waals surface area contributed by atoms with E-state index in [0.717, 1.165) is 17.7 Å². The van der Waals surface area contributed by atoms with E-state index in [0.29, 0.717) is 18.0 Å². The van der Waals surface area contributed by atoms with Gasteiger partial charge in [-0.05, 0) is 35.4 Å². The van der Waals surface area contributed by atoms with E-state index in [4.69, 9.17) is 9.47 Å². The van der Waals surface area contributed by atoms with Crippen LogP contribution in [0.2, 0.25) is 0 Å². The summed E-state index contributed by atoms with van der Waals surface area (Å²) in [4.78, 5) is 12.4. The maximum absolute atomic E-state index is 12.4. The van der Waals surface area contributed by atoms with Crippen molar-refractivity contribution >= 4 is 11.6 Å². The van der Waals surface area contributed by atoms with Gasteiger partial charge >= 0.3 is 0 Å². The van der Waals surface area contributed by atoms with Gasteiger partial charge in [0.15, 0.2) is 0 Å². The van der Waals surface area contributed by atoms with Crippen molar-refractivity contribution in [3.05, 3.63) is 90.0 Å². The first-order chi connectivity index (χ1) is 13.2. The smallest absolute Gasteiger partial charge is 0.228 e. The largest absolute Gasteiger partial charge is 0.497 e. The van der Waals surface area contributed by atoms with Crippen LogP contribution < -0.4 is 14.8 Å². The minimum absolute atomic E-state index is 0.0950. The van der Waals surface area contributed by atoms with Gasteiger partial charge < -0.3 is 14.8 Å². The Hall–Kier alpha value is -3.27. The maximum Gasteiger partial charge on any atom is 0.228 e. The molecular weight excluding hydrogens is 338 g/mol. The van der Waals surface area contributed by atoms with Crippen LogP contribution in [0, 0.1) is 0 Å². The van der Waals surface area contributed by atoms with Crippen molar-refractivity contribution in [1.82, 2.24) is 0 Å². The Balaban J connectivity index is 1.58. The van der Waals surface area contributed by atoms with Gasteiger partial charge in [-0.2, -0.15) is 0 Å². The molecule has 0 heterocycles. The summed E-state index contributed by atoms with van der Waals surface area (Å²) in [6.45, 7) is 0.548. The fourth-order valence-electron chi connectivity index (χ4n) is 2.78. The number of para-hydroxylation sites is 2. The van der Waals surface area contributed by atoms with Gasteiger partial charge in [-0.15, -0.1) is 0 Å². The topological polar surface area (TPSA) is 47.6 Å². The highest BCUT2D eigenvalue weighted by Crippen LogP contribution is 2.24. The molecule has 27 heavy (non-hydrogen) atoms. The van der Waals surface area contributed by atoms with Gasteiger partial charge in [-0.3, -0.25) is 4.79 Å². The molecule has 0 spiro atoms. The molecule has 0 aliphatic carbocycles. The van der Waals surface area contributed by atoms with Gasteiger partial charge in [-0.25, -0.2) is 0 Å². The highest BCUT2D eigenvalue weighted by Gasteiger charge is 2.09. The van der Waals surface area contributed by atoms with Gasteiger partial charge in [0, 0.05) is 6.42 Å². The maximum atomic E-state index is 12.4. The van der Waals surface area contributed by atoms with Crippen molar-refractivity contribution in [2.24, 2.45) is 0 Å². The Morgan fingerprint density at radius 1 is 0.889 bits per heavy atom. The first-order valence-electron chi connectivity index (χ1n) is 8.93. The molecule has 1 N–H and O–H groups in total. The zero-order chi connectivity index (χ0) is 18.9. The predicted octanol–water partition coefficient (Wildman–Crippen LogP) is 4.50. The van der Waals surface area contributed by atoms with Crippen LogP contribution in [-0.2, 0) is 17.6 Å².